The maximum atomic E-state index is 13.9. The molecule has 0 unspecified atom stereocenters. The van der Waals surface area contributed by atoms with Crippen LogP contribution in [-0.4, -0.2) is 55.2 Å². The van der Waals surface area contributed by atoms with Crippen LogP contribution in [0.5, 0.6) is 0 Å². The zero-order valence-electron chi connectivity index (χ0n) is 22.6. The summed E-state index contributed by atoms with van der Waals surface area (Å²) >= 11 is 7.79. The van der Waals surface area contributed by atoms with Crippen LogP contribution < -0.4 is 5.14 Å². The number of ether oxygens (including phenoxy) is 1. The second-order valence-electron chi connectivity index (χ2n) is 11.0. The van der Waals surface area contributed by atoms with E-state index in [0.29, 0.717) is 52.8 Å². The summed E-state index contributed by atoms with van der Waals surface area (Å²) in [6.07, 6.45) is 7.31. The topological polar surface area (TPSA) is 142 Å². The predicted octanol–water partition coefficient (Wildman–Crippen LogP) is 4.13. The van der Waals surface area contributed by atoms with Crippen LogP contribution in [0.1, 0.15) is 62.6 Å². The SMILES string of the molecule is NS(=O)(=O)OC[C@H]1C[C@@H](Cc2ncncc2C(=O)c2cc(Cc3cccc(Cl)c3)c(CC3CCOCC3)s2)C[C@@H]1O. The van der Waals surface area contributed by atoms with Gasteiger partial charge in [-0.3, -0.25) is 8.98 Å². The molecule has 9 nitrogen and oxygen atoms in total. The van der Waals surface area contributed by atoms with Gasteiger partial charge in [0.05, 0.1) is 28.8 Å². The lowest BCUT2D eigenvalue weighted by atomic mass is 9.93. The van der Waals surface area contributed by atoms with Gasteiger partial charge in [-0.05, 0) is 86.1 Å². The molecule has 1 aliphatic heterocycles. The molecule has 1 saturated carbocycles. The number of nitrogens with zero attached hydrogens (tertiary/aromatic N) is 2. The Morgan fingerprint density at radius 3 is 2.73 bits per heavy atom. The van der Waals surface area contributed by atoms with Crippen LogP contribution in [0.3, 0.4) is 0 Å². The van der Waals surface area contributed by atoms with Gasteiger partial charge in [0.2, 0.25) is 5.78 Å². The number of carbonyl (C=O) groups excluding carboxylic acids is 1. The monoisotopic (exact) mass is 619 g/mol. The minimum absolute atomic E-state index is 0.00587. The Kier molecular flexibility index (Phi) is 9.85. The third-order valence-corrected chi connectivity index (χ3v) is 9.84. The second-order valence-corrected chi connectivity index (χ2v) is 13.8. The number of carbonyl (C=O) groups is 1. The first kappa shape index (κ1) is 30.2. The normalized spacial score (nSPS) is 21.8. The maximum absolute atomic E-state index is 13.9. The summed E-state index contributed by atoms with van der Waals surface area (Å²) < 4.78 is 32.6. The number of rotatable bonds is 11. The molecule has 3 N–H and O–H groups in total. The third-order valence-electron chi connectivity index (χ3n) is 7.94. The van der Waals surface area contributed by atoms with Crippen molar-refractivity contribution in [2.24, 2.45) is 22.9 Å². The molecule has 3 heterocycles. The Balaban J connectivity index is 1.36. The Hall–Kier alpha value is -2.25. The highest BCUT2D eigenvalue weighted by molar-refractivity contribution is 7.84. The molecule has 3 atom stereocenters. The number of aliphatic hydroxyl groups is 1. The summed E-state index contributed by atoms with van der Waals surface area (Å²) in [6, 6.07) is 9.79. The first-order valence-corrected chi connectivity index (χ1v) is 16.4. The Bertz CT molecular complexity index is 1470. The number of benzene rings is 1. The lowest BCUT2D eigenvalue weighted by Gasteiger charge is -2.21. The van der Waals surface area contributed by atoms with E-state index in [9.17, 15) is 18.3 Å². The minimum atomic E-state index is -4.08. The Labute approximate surface area is 249 Å². The minimum Gasteiger partial charge on any atom is -0.393 e. The molecule has 0 bridgehead atoms. The van der Waals surface area contributed by atoms with Gasteiger partial charge >= 0.3 is 10.3 Å². The van der Waals surface area contributed by atoms with Gasteiger partial charge in [-0.2, -0.15) is 8.42 Å². The molecule has 0 spiro atoms. The molecule has 0 radical (unpaired) electrons. The standard InChI is InChI=1S/C29H34ClN3O6S2/c30-23-3-1-2-19(10-23)8-21-14-28(40-27(21)13-18-4-6-38-7-5-18)29(35)24-15-32-17-33-25(24)11-20-9-22(26(34)12-20)16-39-41(31,36)37/h1-3,10,14-15,17-18,20,22,26,34H,4-9,11-13,16H2,(H2,31,36,37)/t20-,22+,26-/m0/s1. The van der Waals surface area contributed by atoms with Gasteiger partial charge in [0.25, 0.3) is 0 Å². The Morgan fingerprint density at radius 2 is 1.98 bits per heavy atom. The van der Waals surface area contributed by atoms with E-state index < -0.39 is 16.4 Å². The zero-order chi connectivity index (χ0) is 29.0. The van der Waals surface area contributed by atoms with Crippen molar-refractivity contribution in [3.05, 3.63) is 80.0 Å². The molecule has 3 aromatic rings. The summed E-state index contributed by atoms with van der Waals surface area (Å²) in [4.78, 5) is 24.3. The van der Waals surface area contributed by atoms with Crippen molar-refractivity contribution in [3.8, 4) is 0 Å². The molecule has 5 rings (SSSR count). The van der Waals surface area contributed by atoms with Crippen LogP contribution in [0.4, 0.5) is 0 Å². The van der Waals surface area contributed by atoms with Gasteiger partial charge in [0.1, 0.15) is 6.33 Å². The lowest BCUT2D eigenvalue weighted by Crippen LogP contribution is -2.24. The van der Waals surface area contributed by atoms with Crippen LogP contribution in [0.2, 0.25) is 5.02 Å². The number of halogens is 1. The quantitative estimate of drug-likeness (QED) is 0.305. The van der Waals surface area contributed by atoms with Crippen molar-refractivity contribution in [1.82, 2.24) is 9.97 Å². The summed E-state index contributed by atoms with van der Waals surface area (Å²) in [5.74, 6) is 0.0348. The predicted molar refractivity (Wildman–Crippen MR) is 156 cm³/mol. The van der Waals surface area contributed by atoms with E-state index in [2.05, 4.69) is 9.97 Å². The van der Waals surface area contributed by atoms with Gasteiger partial charge in [0, 0.05) is 35.2 Å². The fourth-order valence-electron chi connectivity index (χ4n) is 5.84. The first-order valence-electron chi connectivity index (χ1n) is 13.8. The summed E-state index contributed by atoms with van der Waals surface area (Å²) in [5, 5.41) is 16.1. The highest BCUT2D eigenvalue weighted by Crippen LogP contribution is 2.36. The molecular formula is C29H34ClN3O6S2. The second kappa shape index (κ2) is 13.4. The van der Waals surface area contributed by atoms with Crippen molar-refractivity contribution in [3.63, 3.8) is 0 Å². The average molecular weight is 620 g/mol. The van der Waals surface area contributed by atoms with Gasteiger partial charge in [-0.1, -0.05) is 23.7 Å². The van der Waals surface area contributed by atoms with E-state index in [1.165, 1.54) is 22.5 Å². The van der Waals surface area contributed by atoms with E-state index in [-0.39, 0.29) is 24.2 Å². The van der Waals surface area contributed by atoms with Crippen LogP contribution in [-0.2, 0) is 38.5 Å². The molecule has 2 aliphatic rings. The van der Waals surface area contributed by atoms with Crippen LogP contribution in [0, 0.1) is 17.8 Å². The molecule has 2 aromatic heterocycles. The van der Waals surface area contributed by atoms with Crippen molar-refractivity contribution in [2.45, 2.75) is 51.0 Å². The fraction of sp³-hybridized carbons (Fsp3) is 0.483. The van der Waals surface area contributed by atoms with E-state index in [1.807, 2.05) is 30.3 Å². The van der Waals surface area contributed by atoms with Gasteiger partial charge in [0.15, 0.2) is 0 Å². The Morgan fingerprint density at radius 1 is 1.17 bits per heavy atom. The van der Waals surface area contributed by atoms with Gasteiger partial charge in [-0.15, -0.1) is 11.3 Å². The first-order chi connectivity index (χ1) is 19.6. The van der Waals surface area contributed by atoms with Crippen LogP contribution >= 0.6 is 22.9 Å². The molecule has 1 aromatic carbocycles. The maximum Gasteiger partial charge on any atom is 0.333 e. The average Bonchev–Trinajstić information content (AvgIpc) is 3.49. The van der Waals surface area contributed by atoms with Gasteiger partial charge < -0.3 is 9.84 Å². The summed E-state index contributed by atoms with van der Waals surface area (Å²) in [5.41, 5.74) is 3.28. The van der Waals surface area contributed by atoms with E-state index >= 15 is 0 Å². The summed E-state index contributed by atoms with van der Waals surface area (Å²) in [6.45, 7) is 1.36. The summed E-state index contributed by atoms with van der Waals surface area (Å²) in [7, 11) is -4.08. The van der Waals surface area contributed by atoms with E-state index in [1.54, 1.807) is 6.20 Å². The molecular weight excluding hydrogens is 586 g/mol. The van der Waals surface area contributed by atoms with E-state index in [0.717, 1.165) is 43.6 Å². The number of aromatic nitrogens is 2. The van der Waals surface area contributed by atoms with Crippen LogP contribution in [0.15, 0.2) is 42.9 Å². The van der Waals surface area contributed by atoms with Gasteiger partial charge in [-0.25, -0.2) is 15.1 Å². The molecule has 220 valence electrons. The largest absolute Gasteiger partial charge is 0.393 e. The number of aliphatic hydroxyl groups excluding tert-OH is 1. The van der Waals surface area contributed by atoms with Crippen molar-refractivity contribution in [2.75, 3.05) is 19.8 Å². The number of nitrogens with two attached hydrogens (primary N) is 1. The van der Waals surface area contributed by atoms with E-state index in [4.69, 9.17) is 25.7 Å². The lowest BCUT2D eigenvalue weighted by molar-refractivity contribution is 0.0667. The number of ketones is 1. The van der Waals surface area contributed by atoms with Crippen LogP contribution in [0.25, 0.3) is 0 Å². The smallest absolute Gasteiger partial charge is 0.333 e. The highest BCUT2D eigenvalue weighted by Gasteiger charge is 2.35. The van der Waals surface area contributed by atoms with Crippen molar-refractivity contribution < 1.29 is 27.2 Å². The third kappa shape index (κ3) is 8.19. The molecule has 12 heteroatoms. The van der Waals surface area contributed by atoms with Crippen molar-refractivity contribution >= 4 is 39.0 Å². The number of thiophene rings is 1. The molecule has 1 aliphatic carbocycles. The molecule has 2 fully saturated rings. The molecule has 1 saturated heterocycles. The molecule has 41 heavy (non-hydrogen) atoms. The zero-order valence-corrected chi connectivity index (χ0v) is 25.0. The molecule has 0 amide bonds. The highest BCUT2D eigenvalue weighted by atomic mass is 35.5. The number of hydrogen-bond acceptors (Lipinski definition) is 9. The fourth-order valence-corrected chi connectivity index (χ4v) is 7.67. The van der Waals surface area contributed by atoms with Crippen molar-refractivity contribution in [1.29, 1.82) is 0 Å². The number of hydrogen-bond donors (Lipinski definition) is 2.